The van der Waals surface area contributed by atoms with Gasteiger partial charge in [-0.1, -0.05) is 20.8 Å². The molecule has 1 fully saturated rings. The largest absolute Gasteiger partial charge is 0.340 e. The fraction of sp³-hybridized carbons (Fsp3) is 0.857. The first-order chi connectivity index (χ1) is 8.20. The van der Waals surface area contributed by atoms with E-state index in [1.165, 1.54) is 0 Å². The van der Waals surface area contributed by atoms with E-state index in [9.17, 15) is 9.59 Å². The quantitative estimate of drug-likeness (QED) is 0.833. The molecule has 1 saturated heterocycles. The summed E-state index contributed by atoms with van der Waals surface area (Å²) in [5.74, 6) is 0.400. The van der Waals surface area contributed by atoms with Gasteiger partial charge in [-0.25, -0.2) is 0 Å². The van der Waals surface area contributed by atoms with Crippen molar-refractivity contribution in [2.75, 3.05) is 0 Å². The van der Waals surface area contributed by atoms with Gasteiger partial charge in [0.05, 0.1) is 0 Å². The smallest absolute Gasteiger partial charge is 0.248 e. The lowest BCUT2D eigenvalue weighted by molar-refractivity contribution is -0.156. The molecule has 1 N–H and O–H groups in total. The van der Waals surface area contributed by atoms with Crippen LogP contribution in [0.3, 0.4) is 0 Å². The molecule has 1 heterocycles. The Labute approximate surface area is 110 Å². The lowest BCUT2D eigenvalue weighted by Gasteiger charge is -2.46. The average molecular weight is 254 g/mol. The molecule has 104 valence electrons. The molecule has 0 bridgehead atoms. The first kappa shape index (κ1) is 15.0. The number of carbonyl (C=O) groups is 2. The predicted molar refractivity (Wildman–Crippen MR) is 72.1 cm³/mol. The van der Waals surface area contributed by atoms with Crippen molar-refractivity contribution in [3.05, 3.63) is 0 Å². The Balaban J connectivity index is 3.06. The van der Waals surface area contributed by atoms with Gasteiger partial charge in [0.1, 0.15) is 11.6 Å². The van der Waals surface area contributed by atoms with Crippen molar-refractivity contribution in [2.24, 2.45) is 5.92 Å². The summed E-state index contributed by atoms with van der Waals surface area (Å²) in [5, 5.41) is 2.84. The zero-order chi connectivity index (χ0) is 14.1. The third kappa shape index (κ3) is 2.85. The molecule has 0 saturated carbocycles. The predicted octanol–water partition coefficient (Wildman–Crippen LogP) is 1.94. The minimum absolute atomic E-state index is 0.0198. The topological polar surface area (TPSA) is 49.4 Å². The first-order valence-electron chi connectivity index (χ1n) is 6.85. The minimum Gasteiger partial charge on any atom is -0.340 e. The van der Waals surface area contributed by atoms with Crippen LogP contribution in [0.5, 0.6) is 0 Å². The van der Waals surface area contributed by atoms with E-state index in [4.69, 9.17) is 0 Å². The summed E-state index contributed by atoms with van der Waals surface area (Å²) in [4.78, 5) is 26.5. The highest BCUT2D eigenvalue weighted by molar-refractivity contribution is 5.99. The third-order valence-electron chi connectivity index (χ3n) is 3.60. The molecule has 0 aromatic carbocycles. The van der Waals surface area contributed by atoms with Gasteiger partial charge in [0.25, 0.3) is 0 Å². The maximum atomic E-state index is 12.5. The number of amides is 2. The zero-order valence-corrected chi connectivity index (χ0v) is 12.4. The number of hydrogen-bond donors (Lipinski definition) is 1. The van der Waals surface area contributed by atoms with Crippen LogP contribution in [0.4, 0.5) is 0 Å². The second kappa shape index (κ2) is 5.29. The van der Waals surface area contributed by atoms with Gasteiger partial charge in [-0.3, -0.25) is 9.59 Å². The maximum Gasteiger partial charge on any atom is 0.248 e. The number of rotatable bonds is 4. The molecule has 0 spiro atoms. The second-order valence-electron chi connectivity index (χ2n) is 6.23. The SMILES string of the molecule is CCC(C)N1C(=O)C(C)(C)NC(=O)C1CC(C)C. The summed E-state index contributed by atoms with van der Waals surface area (Å²) in [6.45, 7) is 11.8. The van der Waals surface area contributed by atoms with Crippen molar-refractivity contribution in [1.82, 2.24) is 10.2 Å². The van der Waals surface area contributed by atoms with Crippen LogP contribution in [-0.2, 0) is 9.59 Å². The van der Waals surface area contributed by atoms with Crippen LogP contribution in [0, 0.1) is 5.92 Å². The summed E-state index contributed by atoms with van der Waals surface area (Å²) >= 11 is 0. The van der Waals surface area contributed by atoms with Gasteiger partial charge >= 0.3 is 0 Å². The van der Waals surface area contributed by atoms with Crippen LogP contribution >= 0.6 is 0 Å². The van der Waals surface area contributed by atoms with Gasteiger partial charge in [0.2, 0.25) is 11.8 Å². The highest BCUT2D eigenvalue weighted by atomic mass is 16.2. The van der Waals surface area contributed by atoms with Crippen LogP contribution in [-0.4, -0.2) is 34.3 Å². The van der Waals surface area contributed by atoms with Crippen LogP contribution < -0.4 is 5.32 Å². The molecule has 2 atom stereocenters. The summed E-state index contributed by atoms with van der Waals surface area (Å²) in [5.41, 5.74) is -0.784. The summed E-state index contributed by atoms with van der Waals surface area (Å²) in [6.07, 6.45) is 1.59. The molecular weight excluding hydrogens is 228 g/mol. The van der Waals surface area contributed by atoms with Gasteiger partial charge in [-0.2, -0.15) is 0 Å². The molecule has 18 heavy (non-hydrogen) atoms. The van der Waals surface area contributed by atoms with E-state index in [0.29, 0.717) is 5.92 Å². The lowest BCUT2D eigenvalue weighted by Crippen LogP contribution is -2.69. The summed E-state index contributed by atoms with van der Waals surface area (Å²) < 4.78 is 0. The number of carbonyl (C=O) groups excluding carboxylic acids is 2. The molecule has 0 aliphatic carbocycles. The Bertz CT molecular complexity index is 337. The van der Waals surface area contributed by atoms with Gasteiger partial charge in [-0.05, 0) is 39.5 Å². The molecule has 2 unspecified atom stereocenters. The third-order valence-corrected chi connectivity index (χ3v) is 3.60. The van der Waals surface area contributed by atoms with E-state index in [-0.39, 0.29) is 23.9 Å². The number of hydrogen-bond acceptors (Lipinski definition) is 2. The standard InChI is InChI=1S/C14H26N2O2/c1-7-10(4)16-11(8-9(2)3)12(17)15-14(5,6)13(16)18/h9-11H,7-8H2,1-6H3,(H,15,17). The molecule has 1 aliphatic heterocycles. The second-order valence-corrected chi connectivity index (χ2v) is 6.23. The minimum atomic E-state index is -0.784. The Hall–Kier alpha value is -1.06. The van der Waals surface area contributed by atoms with Gasteiger partial charge in [0.15, 0.2) is 0 Å². The zero-order valence-electron chi connectivity index (χ0n) is 12.4. The van der Waals surface area contributed by atoms with E-state index in [1.54, 1.807) is 18.7 Å². The monoisotopic (exact) mass is 254 g/mol. The van der Waals surface area contributed by atoms with E-state index in [2.05, 4.69) is 19.2 Å². The van der Waals surface area contributed by atoms with Crippen molar-refractivity contribution in [3.63, 3.8) is 0 Å². The maximum absolute atomic E-state index is 12.5. The first-order valence-corrected chi connectivity index (χ1v) is 6.85. The van der Waals surface area contributed by atoms with E-state index < -0.39 is 5.54 Å². The summed E-state index contributed by atoms with van der Waals surface area (Å²) in [6, 6.07) is -0.216. The van der Waals surface area contributed by atoms with Gasteiger partial charge in [0, 0.05) is 6.04 Å². The normalized spacial score (nSPS) is 25.3. The van der Waals surface area contributed by atoms with Crippen molar-refractivity contribution in [3.8, 4) is 0 Å². The van der Waals surface area contributed by atoms with Crippen molar-refractivity contribution >= 4 is 11.8 Å². The fourth-order valence-electron chi connectivity index (χ4n) is 2.41. The Morgan fingerprint density at radius 3 is 2.28 bits per heavy atom. The van der Waals surface area contributed by atoms with E-state index >= 15 is 0 Å². The number of nitrogens with one attached hydrogen (secondary N) is 1. The highest BCUT2D eigenvalue weighted by Gasteiger charge is 2.46. The number of nitrogens with zero attached hydrogens (tertiary/aromatic N) is 1. The molecule has 1 aliphatic rings. The van der Waals surface area contributed by atoms with Crippen molar-refractivity contribution < 1.29 is 9.59 Å². The van der Waals surface area contributed by atoms with Crippen LogP contribution in [0.1, 0.15) is 54.4 Å². The van der Waals surface area contributed by atoms with Gasteiger partial charge < -0.3 is 10.2 Å². The molecule has 4 heteroatoms. The van der Waals surface area contributed by atoms with Gasteiger partial charge in [-0.15, -0.1) is 0 Å². The molecule has 0 aromatic heterocycles. The van der Waals surface area contributed by atoms with Crippen LogP contribution in [0.15, 0.2) is 0 Å². The van der Waals surface area contributed by atoms with Crippen LogP contribution in [0.25, 0.3) is 0 Å². The number of piperazine rings is 1. The molecule has 0 radical (unpaired) electrons. The molecule has 1 rings (SSSR count). The van der Waals surface area contributed by atoms with Crippen LogP contribution in [0.2, 0.25) is 0 Å². The van der Waals surface area contributed by atoms with Crippen molar-refractivity contribution in [2.45, 2.75) is 72.0 Å². The Kier molecular flexibility index (Phi) is 4.41. The summed E-state index contributed by atoms with van der Waals surface area (Å²) in [7, 11) is 0. The Morgan fingerprint density at radius 2 is 1.83 bits per heavy atom. The van der Waals surface area contributed by atoms with Crippen molar-refractivity contribution in [1.29, 1.82) is 0 Å². The molecule has 4 nitrogen and oxygen atoms in total. The van der Waals surface area contributed by atoms with E-state index in [1.807, 2.05) is 13.8 Å². The molecule has 2 amide bonds. The lowest BCUT2D eigenvalue weighted by atomic mass is 9.91. The average Bonchev–Trinajstić information content (AvgIpc) is 2.24. The highest BCUT2D eigenvalue weighted by Crippen LogP contribution is 2.25. The Morgan fingerprint density at radius 1 is 1.28 bits per heavy atom. The van der Waals surface area contributed by atoms with E-state index in [0.717, 1.165) is 12.8 Å². The fourth-order valence-corrected chi connectivity index (χ4v) is 2.41. The molecule has 0 aromatic rings. The molecular formula is C14H26N2O2.